The first-order valence-electron chi connectivity index (χ1n) is 6.97. The Labute approximate surface area is 132 Å². The number of ketones is 1. The van der Waals surface area contributed by atoms with Crippen LogP contribution in [0.1, 0.15) is 24.9 Å². The van der Waals surface area contributed by atoms with E-state index in [2.05, 4.69) is 0 Å². The summed E-state index contributed by atoms with van der Waals surface area (Å²) >= 11 is 0. The molecule has 0 spiro atoms. The first-order chi connectivity index (χ1) is 10.9. The number of amides is 1. The lowest BCUT2D eigenvalue weighted by Crippen LogP contribution is -2.33. The van der Waals surface area contributed by atoms with E-state index in [1.807, 2.05) is 0 Å². The number of carbonyl (C=O) groups excluding carboxylic acids is 2. The molecule has 7 heteroatoms. The molecule has 0 aliphatic carbocycles. The highest BCUT2D eigenvalue weighted by Gasteiger charge is 2.42. The highest BCUT2D eigenvalue weighted by Crippen LogP contribution is 2.38. The number of Topliss-reactive ketones (excluding diaryl/α,β-unsaturated/α-hetero) is 1. The molecule has 0 saturated carbocycles. The Hall–Kier alpha value is -2.83. The van der Waals surface area contributed by atoms with Crippen molar-refractivity contribution in [3.8, 4) is 5.75 Å². The minimum Gasteiger partial charge on any atom is -0.503 e. The number of aliphatic hydroxyl groups is 1. The van der Waals surface area contributed by atoms with Gasteiger partial charge in [0.15, 0.2) is 11.5 Å². The van der Waals surface area contributed by atoms with Crippen molar-refractivity contribution in [2.45, 2.75) is 19.4 Å². The number of rotatable bonds is 6. The summed E-state index contributed by atoms with van der Waals surface area (Å²) < 4.78 is 5.14. The van der Waals surface area contributed by atoms with Crippen LogP contribution in [0.4, 0.5) is 0 Å². The SMILES string of the molecule is COc1cccc([C@H]2C(C(C)=O)=C(O)C(=O)N2CCC(=O)O)c1. The van der Waals surface area contributed by atoms with E-state index in [9.17, 15) is 19.5 Å². The molecule has 7 nitrogen and oxygen atoms in total. The molecule has 1 aliphatic rings. The van der Waals surface area contributed by atoms with E-state index in [0.29, 0.717) is 11.3 Å². The number of hydrogen-bond donors (Lipinski definition) is 2. The minimum atomic E-state index is -1.07. The number of carboxylic acid groups (broad SMARTS) is 1. The maximum absolute atomic E-state index is 12.2. The summed E-state index contributed by atoms with van der Waals surface area (Å²) in [4.78, 5) is 36.1. The second-order valence-electron chi connectivity index (χ2n) is 5.14. The number of carboxylic acids is 1. The molecule has 1 aliphatic heterocycles. The Morgan fingerprint density at radius 2 is 2.04 bits per heavy atom. The maximum Gasteiger partial charge on any atom is 0.305 e. The van der Waals surface area contributed by atoms with Gasteiger partial charge in [-0.1, -0.05) is 12.1 Å². The van der Waals surface area contributed by atoms with Gasteiger partial charge in [-0.15, -0.1) is 0 Å². The van der Waals surface area contributed by atoms with Gasteiger partial charge in [-0.3, -0.25) is 14.4 Å². The van der Waals surface area contributed by atoms with Crippen LogP contribution in [0.25, 0.3) is 0 Å². The van der Waals surface area contributed by atoms with Crippen molar-refractivity contribution in [3.05, 3.63) is 41.2 Å². The molecular formula is C16H17NO6. The second-order valence-corrected chi connectivity index (χ2v) is 5.14. The number of carbonyl (C=O) groups is 3. The molecule has 2 rings (SSSR count). The van der Waals surface area contributed by atoms with Crippen LogP contribution in [0.15, 0.2) is 35.6 Å². The van der Waals surface area contributed by atoms with E-state index in [1.54, 1.807) is 24.3 Å². The Kier molecular flexibility index (Phi) is 4.68. The van der Waals surface area contributed by atoms with Crippen molar-refractivity contribution >= 4 is 17.7 Å². The zero-order valence-corrected chi connectivity index (χ0v) is 12.8. The zero-order valence-electron chi connectivity index (χ0n) is 12.8. The maximum atomic E-state index is 12.2. The monoisotopic (exact) mass is 319 g/mol. The summed E-state index contributed by atoms with van der Waals surface area (Å²) in [6.45, 7) is 1.14. The predicted octanol–water partition coefficient (Wildman–Crippen LogP) is 1.45. The standard InChI is InChI=1S/C16H17NO6/c1-9(18)13-14(10-4-3-5-11(8-10)23-2)17(7-6-12(19)20)16(22)15(13)21/h3-5,8,14,21H,6-7H2,1-2H3,(H,19,20)/t14-/m0/s1. The van der Waals surface area contributed by atoms with E-state index in [1.165, 1.54) is 18.9 Å². The first-order valence-corrected chi connectivity index (χ1v) is 6.97. The van der Waals surface area contributed by atoms with Gasteiger partial charge in [0, 0.05) is 6.54 Å². The highest BCUT2D eigenvalue weighted by atomic mass is 16.5. The molecule has 0 radical (unpaired) electrons. The lowest BCUT2D eigenvalue weighted by atomic mass is 9.96. The molecule has 0 unspecified atom stereocenters. The van der Waals surface area contributed by atoms with Gasteiger partial charge in [-0.05, 0) is 24.6 Å². The average Bonchev–Trinajstić information content (AvgIpc) is 2.77. The molecule has 0 saturated heterocycles. The van der Waals surface area contributed by atoms with E-state index in [4.69, 9.17) is 9.84 Å². The number of methoxy groups -OCH3 is 1. The zero-order chi connectivity index (χ0) is 17.1. The Morgan fingerprint density at radius 3 is 2.61 bits per heavy atom. The first kappa shape index (κ1) is 16.5. The van der Waals surface area contributed by atoms with Crippen LogP contribution in [0.2, 0.25) is 0 Å². The minimum absolute atomic E-state index is 0.0337. The summed E-state index contributed by atoms with van der Waals surface area (Å²) in [5.41, 5.74) is 0.533. The van der Waals surface area contributed by atoms with Gasteiger partial charge < -0.3 is 19.8 Å². The molecule has 0 bridgehead atoms. The van der Waals surface area contributed by atoms with E-state index in [0.717, 1.165) is 0 Å². The van der Waals surface area contributed by atoms with Crippen LogP contribution in [0.5, 0.6) is 5.75 Å². The number of benzene rings is 1. The van der Waals surface area contributed by atoms with Crippen molar-refractivity contribution in [3.63, 3.8) is 0 Å². The van der Waals surface area contributed by atoms with Gasteiger partial charge in [0.1, 0.15) is 5.75 Å². The molecule has 0 fully saturated rings. The van der Waals surface area contributed by atoms with Crippen LogP contribution in [0.3, 0.4) is 0 Å². The van der Waals surface area contributed by atoms with Gasteiger partial charge in [0.05, 0.1) is 25.1 Å². The van der Waals surface area contributed by atoms with Crippen LogP contribution in [0, 0.1) is 0 Å². The third kappa shape index (κ3) is 3.18. The van der Waals surface area contributed by atoms with Crippen LogP contribution >= 0.6 is 0 Å². The topological polar surface area (TPSA) is 104 Å². The number of aliphatic hydroxyl groups excluding tert-OH is 1. The smallest absolute Gasteiger partial charge is 0.305 e. The summed E-state index contributed by atoms with van der Waals surface area (Å²) in [5.74, 6) is -2.36. The van der Waals surface area contributed by atoms with Crippen LogP contribution in [-0.4, -0.2) is 46.4 Å². The third-order valence-corrected chi connectivity index (χ3v) is 3.66. The van der Waals surface area contributed by atoms with Gasteiger partial charge in [-0.25, -0.2) is 0 Å². The Morgan fingerprint density at radius 1 is 1.35 bits per heavy atom. The number of nitrogens with zero attached hydrogens (tertiary/aromatic N) is 1. The van der Waals surface area contributed by atoms with Gasteiger partial charge in [-0.2, -0.15) is 0 Å². The van der Waals surface area contributed by atoms with E-state index >= 15 is 0 Å². The molecule has 1 amide bonds. The fourth-order valence-corrected chi connectivity index (χ4v) is 2.62. The van der Waals surface area contributed by atoms with Gasteiger partial charge >= 0.3 is 5.97 Å². The van der Waals surface area contributed by atoms with Crippen LogP contribution < -0.4 is 4.74 Å². The largest absolute Gasteiger partial charge is 0.503 e. The van der Waals surface area contributed by atoms with Crippen molar-refractivity contribution < 1.29 is 29.3 Å². The normalized spacial score (nSPS) is 17.6. The lowest BCUT2D eigenvalue weighted by molar-refractivity contribution is -0.138. The molecule has 2 N–H and O–H groups in total. The molecule has 122 valence electrons. The van der Waals surface area contributed by atoms with E-state index in [-0.39, 0.29) is 18.5 Å². The van der Waals surface area contributed by atoms with Crippen molar-refractivity contribution in [1.82, 2.24) is 4.90 Å². The van der Waals surface area contributed by atoms with Crippen molar-refractivity contribution in [2.75, 3.05) is 13.7 Å². The Balaban J connectivity index is 2.48. The van der Waals surface area contributed by atoms with Gasteiger partial charge in [0.2, 0.25) is 0 Å². The molecule has 0 aromatic heterocycles. The van der Waals surface area contributed by atoms with Gasteiger partial charge in [0.25, 0.3) is 5.91 Å². The predicted molar refractivity (Wildman–Crippen MR) is 80.0 cm³/mol. The third-order valence-electron chi connectivity index (χ3n) is 3.66. The number of ether oxygens (including phenoxy) is 1. The highest BCUT2D eigenvalue weighted by molar-refractivity contribution is 6.08. The van der Waals surface area contributed by atoms with E-state index < -0.39 is 29.5 Å². The Bertz CT molecular complexity index is 694. The molecular weight excluding hydrogens is 302 g/mol. The fourth-order valence-electron chi connectivity index (χ4n) is 2.62. The molecule has 1 atom stereocenters. The van der Waals surface area contributed by atoms with Crippen LogP contribution in [-0.2, 0) is 14.4 Å². The number of aliphatic carboxylic acids is 1. The molecule has 1 heterocycles. The second kappa shape index (κ2) is 6.51. The van der Waals surface area contributed by atoms with Crippen molar-refractivity contribution in [1.29, 1.82) is 0 Å². The fraction of sp³-hybridized carbons (Fsp3) is 0.312. The summed E-state index contributed by atoms with van der Waals surface area (Å²) in [6.07, 6.45) is -0.287. The number of hydrogen-bond acceptors (Lipinski definition) is 5. The average molecular weight is 319 g/mol. The molecule has 1 aromatic carbocycles. The molecule has 1 aromatic rings. The quantitative estimate of drug-likeness (QED) is 0.822. The summed E-state index contributed by atoms with van der Waals surface area (Å²) in [6, 6.07) is 5.91. The summed E-state index contributed by atoms with van der Waals surface area (Å²) in [7, 11) is 1.49. The van der Waals surface area contributed by atoms with Crippen molar-refractivity contribution in [2.24, 2.45) is 0 Å². The molecule has 23 heavy (non-hydrogen) atoms. The summed E-state index contributed by atoms with van der Waals surface area (Å²) in [5, 5.41) is 18.8. The lowest BCUT2D eigenvalue weighted by Gasteiger charge is -2.26.